The van der Waals surface area contributed by atoms with Crippen LogP contribution in [0, 0.1) is 29.1 Å². The van der Waals surface area contributed by atoms with Crippen molar-refractivity contribution >= 4 is 52.0 Å². The lowest BCUT2D eigenvalue weighted by atomic mass is 9.81. The number of nitrogens with zero attached hydrogens (tertiary/aromatic N) is 3. The van der Waals surface area contributed by atoms with Crippen LogP contribution in [-0.2, 0) is 4.79 Å². The molecule has 2 aliphatic rings. The Bertz CT molecular complexity index is 1110. The van der Waals surface area contributed by atoms with Crippen LogP contribution in [0.4, 0.5) is 5.69 Å². The molecule has 0 aromatic carbocycles. The molecular weight excluding hydrogens is 511 g/mol. The third-order valence-electron chi connectivity index (χ3n) is 6.95. The van der Waals surface area contributed by atoms with Gasteiger partial charge in [-0.3, -0.25) is 4.79 Å². The summed E-state index contributed by atoms with van der Waals surface area (Å²) in [5.41, 5.74) is 2.10. The third kappa shape index (κ3) is 6.90. The zero-order valence-corrected chi connectivity index (χ0v) is 23.9. The molecule has 194 valence electrons. The van der Waals surface area contributed by atoms with Gasteiger partial charge < -0.3 is 10.0 Å². The van der Waals surface area contributed by atoms with Crippen LogP contribution >= 0.6 is 34.4 Å². The van der Waals surface area contributed by atoms with Gasteiger partial charge in [-0.25, -0.2) is 4.79 Å². The number of carbonyl (C=O) groups is 2. The molecule has 0 aliphatic heterocycles. The van der Waals surface area contributed by atoms with Crippen molar-refractivity contribution in [1.29, 1.82) is 0 Å². The average molecular weight is 546 g/mol. The second kappa shape index (κ2) is 11.7. The molecule has 4 rings (SSSR count). The fourth-order valence-corrected chi connectivity index (χ4v) is 7.77. The number of carbonyl (C=O) groups excluding carboxylic acids is 1. The van der Waals surface area contributed by atoms with Gasteiger partial charge in [0, 0.05) is 22.6 Å². The minimum absolute atomic E-state index is 0.000699. The van der Waals surface area contributed by atoms with E-state index in [-0.39, 0.29) is 28.2 Å². The Morgan fingerprint density at radius 1 is 1.11 bits per heavy atom. The van der Waals surface area contributed by atoms with Crippen molar-refractivity contribution in [2.45, 2.75) is 94.7 Å². The Kier molecular flexibility index (Phi) is 8.79. The first-order chi connectivity index (χ1) is 17.1. The molecule has 0 unspecified atom stereocenters. The van der Waals surface area contributed by atoms with Gasteiger partial charge in [-0.2, -0.15) is 0 Å². The summed E-state index contributed by atoms with van der Waals surface area (Å²) < 4.78 is 0.982. The molecule has 0 saturated heterocycles. The minimum Gasteiger partial charge on any atom is -0.477 e. The van der Waals surface area contributed by atoms with Crippen LogP contribution in [0.25, 0.3) is 0 Å². The van der Waals surface area contributed by atoms with E-state index < -0.39 is 5.97 Å². The van der Waals surface area contributed by atoms with Crippen molar-refractivity contribution in [3.8, 4) is 11.8 Å². The SMILES string of the molecule is CC(C)(C)C#Cc1cc(N(C(=O)[C@H]2CC[C@H](C)CC2)[C@H]2CC[C@H](Sc3nncs3)CC2)c(C(=O)O)s1. The Morgan fingerprint density at radius 3 is 2.39 bits per heavy atom. The highest BCUT2D eigenvalue weighted by molar-refractivity contribution is 8.01. The van der Waals surface area contributed by atoms with E-state index in [1.165, 1.54) is 11.3 Å². The van der Waals surface area contributed by atoms with E-state index in [1.54, 1.807) is 28.6 Å². The molecule has 2 heterocycles. The number of carboxylic acid groups (broad SMARTS) is 1. The first-order valence-corrected chi connectivity index (χ1v) is 15.3. The van der Waals surface area contributed by atoms with Gasteiger partial charge in [0.15, 0.2) is 4.34 Å². The fourth-order valence-electron chi connectivity index (χ4n) is 5.00. The number of hydrogen-bond acceptors (Lipinski definition) is 7. The number of amides is 1. The van der Waals surface area contributed by atoms with Gasteiger partial charge in [0.25, 0.3) is 0 Å². The van der Waals surface area contributed by atoms with Crippen molar-refractivity contribution in [1.82, 2.24) is 10.2 Å². The van der Waals surface area contributed by atoms with Crippen LogP contribution in [0.2, 0.25) is 0 Å². The number of thiophene rings is 1. The molecule has 36 heavy (non-hydrogen) atoms. The van der Waals surface area contributed by atoms with Gasteiger partial charge in [0.1, 0.15) is 10.4 Å². The van der Waals surface area contributed by atoms with Gasteiger partial charge in [-0.05, 0) is 84.1 Å². The number of rotatable bonds is 6. The average Bonchev–Trinajstić information content (AvgIpc) is 3.49. The zero-order chi connectivity index (χ0) is 25.9. The molecule has 2 aromatic heterocycles. The van der Waals surface area contributed by atoms with Crippen LogP contribution in [0.5, 0.6) is 0 Å². The lowest BCUT2D eigenvalue weighted by molar-refractivity contribution is -0.124. The lowest BCUT2D eigenvalue weighted by Gasteiger charge is -2.39. The first kappa shape index (κ1) is 27.2. The standard InChI is InChI=1S/C27H35N3O3S3/c1-17-5-7-18(8-6-17)24(31)30(19-9-11-20(12-10-19)36-26-29-28-16-34-26)22-15-21(13-14-27(2,3)4)35-23(22)25(32)33/h15-20H,5-12H2,1-4H3,(H,32,33)/t17-,18-,19-,20-. The molecule has 2 aliphatic carbocycles. The van der Waals surface area contributed by atoms with Gasteiger partial charge in [0.2, 0.25) is 5.91 Å². The Labute approximate surface area is 226 Å². The molecule has 2 fully saturated rings. The normalized spacial score (nSPS) is 24.6. The fraction of sp³-hybridized carbons (Fsp3) is 0.630. The van der Waals surface area contributed by atoms with Crippen molar-refractivity contribution in [2.24, 2.45) is 17.3 Å². The van der Waals surface area contributed by atoms with Crippen LogP contribution in [-0.4, -0.2) is 38.5 Å². The number of aromatic nitrogens is 2. The Morgan fingerprint density at radius 2 is 1.81 bits per heavy atom. The monoisotopic (exact) mass is 545 g/mol. The number of aromatic carboxylic acids is 1. The number of anilines is 1. The summed E-state index contributed by atoms with van der Waals surface area (Å²) in [7, 11) is 0. The summed E-state index contributed by atoms with van der Waals surface area (Å²) in [5.74, 6) is 6.08. The maximum atomic E-state index is 14.0. The molecule has 2 aromatic rings. The number of thioether (sulfide) groups is 1. The molecule has 2 saturated carbocycles. The van der Waals surface area contributed by atoms with Gasteiger partial charge >= 0.3 is 5.97 Å². The van der Waals surface area contributed by atoms with E-state index in [0.717, 1.165) is 55.7 Å². The summed E-state index contributed by atoms with van der Waals surface area (Å²) >= 11 is 4.51. The van der Waals surface area contributed by atoms with E-state index in [1.807, 2.05) is 31.7 Å². The lowest BCUT2D eigenvalue weighted by Crippen LogP contribution is -2.46. The molecule has 0 radical (unpaired) electrons. The largest absolute Gasteiger partial charge is 0.477 e. The summed E-state index contributed by atoms with van der Waals surface area (Å²) in [4.78, 5) is 29.1. The highest BCUT2D eigenvalue weighted by Crippen LogP contribution is 2.41. The van der Waals surface area contributed by atoms with Crippen LogP contribution in [0.15, 0.2) is 15.9 Å². The highest BCUT2D eigenvalue weighted by atomic mass is 32.2. The van der Waals surface area contributed by atoms with Gasteiger partial charge in [-0.15, -0.1) is 21.5 Å². The summed E-state index contributed by atoms with van der Waals surface area (Å²) in [6.07, 6.45) is 7.48. The topological polar surface area (TPSA) is 83.4 Å². The number of hydrogen-bond donors (Lipinski definition) is 1. The summed E-state index contributed by atoms with van der Waals surface area (Å²) in [6.45, 7) is 8.34. The molecule has 9 heteroatoms. The van der Waals surface area contributed by atoms with Crippen molar-refractivity contribution < 1.29 is 14.7 Å². The highest BCUT2D eigenvalue weighted by Gasteiger charge is 2.37. The third-order valence-corrected chi connectivity index (χ3v) is 10.1. The van der Waals surface area contributed by atoms with Crippen LogP contribution < -0.4 is 4.90 Å². The first-order valence-electron chi connectivity index (χ1n) is 12.8. The zero-order valence-electron chi connectivity index (χ0n) is 21.5. The molecule has 1 amide bonds. The van der Waals surface area contributed by atoms with Crippen molar-refractivity contribution in [2.75, 3.05) is 4.90 Å². The van der Waals surface area contributed by atoms with Crippen molar-refractivity contribution in [3.05, 3.63) is 21.3 Å². The molecule has 0 atom stereocenters. The Balaban J connectivity index is 1.62. The smallest absolute Gasteiger partial charge is 0.348 e. The second-order valence-corrected chi connectivity index (χ2v) is 14.5. The van der Waals surface area contributed by atoms with Crippen LogP contribution in [0.3, 0.4) is 0 Å². The van der Waals surface area contributed by atoms with Gasteiger partial charge in [-0.1, -0.05) is 41.9 Å². The molecule has 0 bridgehead atoms. The van der Waals surface area contributed by atoms with E-state index >= 15 is 0 Å². The minimum atomic E-state index is -0.991. The molecule has 0 spiro atoms. The van der Waals surface area contributed by atoms with E-state index in [4.69, 9.17) is 0 Å². The molecule has 1 N–H and O–H groups in total. The predicted octanol–water partition coefficient (Wildman–Crippen LogP) is 6.96. The number of carboxylic acids is 1. The summed E-state index contributed by atoms with van der Waals surface area (Å²) in [5, 5.41) is 18.6. The molecule has 6 nitrogen and oxygen atoms in total. The van der Waals surface area contributed by atoms with E-state index in [2.05, 4.69) is 29.0 Å². The maximum absolute atomic E-state index is 14.0. The predicted molar refractivity (Wildman–Crippen MR) is 148 cm³/mol. The van der Waals surface area contributed by atoms with E-state index in [9.17, 15) is 14.7 Å². The van der Waals surface area contributed by atoms with Gasteiger partial charge in [0.05, 0.1) is 10.6 Å². The maximum Gasteiger partial charge on any atom is 0.348 e. The van der Waals surface area contributed by atoms with Crippen LogP contribution in [0.1, 0.15) is 93.6 Å². The second-order valence-electron chi connectivity index (χ2n) is 11.0. The summed E-state index contributed by atoms with van der Waals surface area (Å²) in [6, 6.07) is 1.84. The molecular formula is C27H35N3O3S3. The van der Waals surface area contributed by atoms with E-state index in [0.29, 0.717) is 21.7 Å². The Hall–Kier alpha value is -1.89. The quantitative estimate of drug-likeness (QED) is 0.395. The van der Waals surface area contributed by atoms with Crippen molar-refractivity contribution in [3.63, 3.8) is 0 Å².